The molecule has 0 fully saturated rings. The van der Waals surface area contributed by atoms with Crippen molar-refractivity contribution in [3.63, 3.8) is 0 Å². The molecule has 0 radical (unpaired) electrons. The number of aryl methyl sites for hydroxylation is 1. The number of carbonyl (C=O) groups excluding carboxylic acids is 1. The molecule has 0 heterocycles. The Kier molecular flexibility index (Phi) is 2.72. The summed E-state index contributed by atoms with van der Waals surface area (Å²) in [6, 6.07) is 5.90. The Balaban J connectivity index is 2.38. The van der Waals surface area contributed by atoms with Crippen molar-refractivity contribution in [3.8, 4) is 0 Å². The van der Waals surface area contributed by atoms with Crippen LogP contribution in [0.2, 0.25) is 0 Å². The van der Waals surface area contributed by atoms with Crippen LogP contribution >= 0.6 is 0 Å². The number of carbonyl (C=O) groups is 1. The molecule has 1 aliphatic rings. The van der Waals surface area contributed by atoms with E-state index in [0.717, 1.165) is 24.1 Å². The highest BCUT2D eigenvalue weighted by molar-refractivity contribution is 5.89. The number of hydrogen-bond donors (Lipinski definition) is 2. The van der Waals surface area contributed by atoms with Gasteiger partial charge in [-0.25, -0.2) is 0 Å². The second-order valence-corrected chi connectivity index (χ2v) is 4.80. The van der Waals surface area contributed by atoms with Crippen molar-refractivity contribution in [3.05, 3.63) is 29.3 Å². The zero-order valence-electron chi connectivity index (χ0n) is 9.71. The topological polar surface area (TPSA) is 49.3 Å². The van der Waals surface area contributed by atoms with Gasteiger partial charge in [-0.1, -0.05) is 12.1 Å². The van der Waals surface area contributed by atoms with Crippen molar-refractivity contribution in [2.75, 3.05) is 5.32 Å². The molecule has 2 rings (SSSR count). The van der Waals surface area contributed by atoms with Crippen LogP contribution in [0.4, 0.5) is 5.69 Å². The minimum absolute atomic E-state index is 0.0707. The first-order valence-electron chi connectivity index (χ1n) is 5.59. The number of nitrogens with one attached hydrogen (secondary N) is 1. The summed E-state index contributed by atoms with van der Waals surface area (Å²) < 4.78 is 0. The third-order valence-corrected chi connectivity index (χ3v) is 3.07. The molecule has 0 bridgehead atoms. The van der Waals surface area contributed by atoms with Gasteiger partial charge >= 0.3 is 0 Å². The minimum Gasteiger partial charge on any atom is -0.390 e. The first-order valence-corrected chi connectivity index (χ1v) is 5.59. The summed E-state index contributed by atoms with van der Waals surface area (Å²) in [5.74, 6) is -0.0707. The van der Waals surface area contributed by atoms with Gasteiger partial charge in [0.1, 0.15) is 0 Å². The molecular weight excluding hydrogens is 202 g/mol. The van der Waals surface area contributed by atoms with Crippen molar-refractivity contribution < 1.29 is 9.90 Å². The first-order chi connectivity index (χ1) is 7.48. The Bertz CT molecular complexity index is 424. The van der Waals surface area contributed by atoms with E-state index in [2.05, 4.69) is 11.4 Å². The van der Waals surface area contributed by atoms with Gasteiger partial charge in [0.2, 0.25) is 5.91 Å². The Labute approximate surface area is 95.5 Å². The third kappa shape index (κ3) is 2.25. The van der Waals surface area contributed by atoms with Crippen molar-refractivity contribution in [1.82, 2.24) is 0 Å². The fourth-order valence-electron chi connectivity index (χ4n) is 2.26. The van der Waals surface area contributed by atoms with Crippen molar-refractivity contribution in [2.24, 2.45) is 0 Å². The lowest BCUT2D eigenvalue weighted by Gasteiger charge is -2.31. The zero-order chi connectivity index (χ0) is 11.8. The molecule has 3 heteroatoms. The van der Waals surface area contributed by atoms with E-state index in [1.165, 1.54) is 12.5 Å². The standard InChI is InChI=1S/C13H17NO2/c1-9(15)14-12-5-3-4-10-6-7-13(2,16)8-11(10)12/h3-5,16H,6-8H2,1-2H3,(H,14,15). The van der Waals surface area contributed by atoms with E-state index in [4.69, 9.17) is 0 Å². The lowest BCUT2D eigenvalue weighted by atomic mass is 9.81. The molecule has 0 aromatic heterocycles. The lowest BCUT2D eigenvalue weighted by Crippen LogP contribution is -2.32. The van der Waals surface area contributed by atoms with Crippen LogP contribution in [0.25, 0.3) is 0 Å². The van der Waals surface area contributed by atoms with Crippen LogP contribution < -0.4 is 5.32 Å². The fraction of sp³-hybridized carbons (Fsp3) is 0.462. The van der Waals surface area contributed by atoms with Crippen molar-refractivity contribution >= 4 is 11.6 Å². The van der Waals surface area contributed by atoms with Crippen molar-refractivity contribution in [1.29, 1.82) is 0 Å². The number of fused-ring (bicyclic) bond motifs is 1. The van der Waals surface area contributed by atoms with Gasteiger partial charge in [-0.2, -0.15) is 0 Å². The molecule has 0 aliphatic heterocycles. The van der Waals surface area contributed by atoms with E-state index in [1.807, 2.05) is 19.1 Å². The van der Waals surface area contributed by atoms with Gasteiger partial charge in [0.15, 0.2) is 0 Å². The minimum atomic E-state index is -0.651. The van der Waals surface area contributed by atoms with E-state index >= 15 is 0 Å². The number of anilines is 1. The Morgan fingerprint density at radius 1 is 1.50 bits per heavy atom. The molecule has 1 aromatic carbocycles. The predicted molar refractivity (Wildman–Crippen MR) is 63.4 cm³/mol. The predicted octanol–water partition coefficient (Wildman–Crippen LogP) is 1.88. The van der Waals surface area contributed by atoms with Gasteiger partial charge in [0.25, 0.3) is 0 Å². The second kappa shape index (κ2) is 3.91. The molecule has 0 saturated carbocycles. The smallest absolute Gasteiger partial charge is 0.221 e. The molecule has 1 aliphatic carbocycles. The van der Waals surface area contributed by atoms with Gasteiger partial charge in [0.05, 0.1) is 5.60 Å². The first kappa shape index (κ1) is 11.1. The summed E-state index contributed by atoms with van der Waals surface area (Å²) in [4.78, 5) is 11.1. The van der Waals surface area contributed by atoms with Gasteiger partial charge in [0, 0.05) is 19.0 Å². The maximum absolute atomic E-state index is 11.1. The second-order valence-electron chi connectivity index (χ2n) is 4.80. The van der Waals surface area contributed by atoms with Gasteiger partial charge in [-0.15, -0.1) is 0 Å². The molecule has 1 unspecified atom stereocenters. The monoisotopic (exact) mass is 219 g/mol. The third-order valence-electron chi connectivity index (χ3n) is 3.07. The summed E-state index contributed by atoms with van der Waals surface area (Å²) >= 11 is 0. The summed E-state index contributed by atoms with van der Waals surface area (Å²) in [7, 11) is 0. The average molecular weight is 219 g/mol. The molecule has 2 N–H and O–H groups in total. The molecule has 16 heavy (non-hydrogen) atoms. The Hall–Kier alpha value is -1.35. The summed E-state index contributed by atoms with van der Waals surface area (Å²) in [6.45, 7) is 3.35. The summed E-state index contributed by atoms with van der Waals surface area (Å²) in [6.07, 6.45) is 2.26. The number of benzene rings is 1. The largest absolute Gasteiger partial charge is 0.390 e. The Morgan fingerprint density at radius 3 is 2.94 bits per heavy atom. The SMILES string of the molecule is CC(=O)Nc1cccc2c1CC(C)(O)CC2. The highest BCUT2D eigenvalue weighted by Crippen LogP contribution is 2.32. The van der Waals surface area contributed by atoms with Crippen molar-refractivity contribution in [2.45, 2.75) is 38.7 Å². The molecule has 3 nitrogen and oxygen atoms in total. The maximum atomic E-state index is 11.1. The number of rotatable bonds is 1. The highest BCUT2D eigenvalue weighted by Gasteiger charge is 2.28. The van der Waals surface area contributed by atoms with Crippen LogP contribution in [0.3, 0.4) is 0 Å². The molecule has 1 aromatic rings. The van der Waals surface area contributed by atoms with Gasteiger partial charge in [-0.3, -0.25) is 4.79 Å². The quantitative estimate of drug-likeness (QED) is 0.757. The van der Waals surface area contributed by atoms with E-state index in [0.29, 0.717) is 6.42 Å². The molecule has 1 atom stereocenters. The zero-order valence-corrected chi connectivity index (χ0v) is 9.71. The lowest BCUT2D eigenvalue weighted by molar-refractivity contribution is -0.114. The van der Waals surface area contributed by atoms with Crippen LogP contribution in [-0.4, -0.2) is 16.6 Å². The number of hydrogen-bond acceptors (Lipinski definition) is 2. The van der Waals surface area contributed by atoms with Crippen LogP contribution in [0, 0.1) is 0 Å². The molecule has 1 amide bonds. The fourth-order valence-corrected chi connectivity index (χ4v) is 2.26. The van der Waals surface area contributed by atoms with E-state index in [-0.39, 0.29) is 5.91 Å². The number of amides is 1. The van der Waals surface area contributed by atoms with Crippen LogP contribution in [-0.2, 0) is 17.6 Å². The molecule has 0 saturated heterocycles. The van der Waals surface area contributed by atoms with E-state index in [9.17, 15) is 9.90 Å². The maximum Gasteiger partial charge on any atom is 0.221 e. The number of aliphatic hydroxyl groups is 1. The van der Waals surface area contributed by atoms with Gasteiger partial charge < -0.3 is 10.4 Å². The molecule has 0 spiro atoms. The van der Waals surface area contributed by atoms with Crippen LogP contribution in [0.5, 0.6) is 0 Å². The van der Waals surface area contributed by atoms with Gasteiger partial charge in [-0.05, 0) is 37.0 Å². The molecule has 86 valence electrons. The summed E-state index contributed by atoms with van der Waals surface area (Å²) in [5, 5.41) is 12.9. The average Bonchev–Trinajstić information content (AvgIpc) is 2.17. The highest BCUT2D eigenvalue weighted by atomic mass is 16.3. The molecular formula is C13H17NO2. The van der Waals surface area contributed by atoms with E-state index in [1.54, 1.807) is 0 Å². The summed E-state index contributed by atoms with van der Waals surface area (Å²) in [5.41, 5.74) is 2.50. The van der Waals surface area contributed by atoms with Crippen LogP contribution in [0.1, 0.15) is 31.4 Å². The Morgan fingerprint density at radius 2 is 2.25 bits per heavy atom. The normalized spacial score (nSPS) is 23.7. The van der Waals surface area contributed by atoms with E-state index < -0.39 is 5.60 Å². The van der Waals surface area contributed by atoms with Crippen LogP contribution in [0.15, 0.2) is 18.2 Å².